The van der Waals surface area contributed by atoms with Crippen LogP contribution in [0, 0.1) is 0 Å². The quantitative estimate of drug-likeness (QED) is 0.890. The van der Waals surface area contributed by atoms with E-state index in [2.05, 4.69) is 27.1 Å². The first-order valence-corrected chi connectivity index (χ1v) is 8.09. The first-order chi connectivity index (χ1) is 11.6. The second-order valence-electron chi connectivity index (χ2n) is 5.98. The van der Waals surface area contributed by atoms with Crippen LogP contribution >= 0.6 is 0 Å². The molecule has 1 saturated heterocycles. The zero-order chi connectivity index (χ0) is 16.9. The Bertz CT molecular complexity index is 712. The molecule has 0 saturated carbocycles. The fourth-order valence-electron chi connectivity index (χ4n) is 2.81. The lowest BCUT2D eigenvalue weighted by molar-refractivity contribution is 0.0948. The van der Waals surface area contributed by atoms with Crippen molar-refractivity contribution in [3.8, 4) is 5.75 Å². The molecule has 1 aromatic carbocycles. The molecule has 0 spiro atoms. The molecular formula is C18H22N4O2. The van der Waals surface area contributed by atoms with E-state index in [1.165, 1.54) is 6.07 Å². The summed E-state index contributed by atoms with van der Waals surface area (Å²) in [6.45, 7) is 4.23. The summed E-state index contributed by atoms with van der Waals surface area (Å²) in [5, 5.41) is 12.6. The number of rotatable bonds is 4. The SMILES string of the molecule is CN1CCN(c2ncccc2CNC(=O)c2ccccc2O)CC1. The highest BCUT2D eigenvalue weighted by Crippen LogP contribution is 2.19. The molecule has 0 radical (unpaired) electrons. The minimum absolute atomic E-state index is 0.0134. The first-order valence-electron chi connectivity index (χ1n) is 8.09. The van der Waals surface area contributed by atoms with Gasteiger partial charge in [-0.2, -0.15) is 0 Å². The van der Waals surface area contributed by atoms with Crippen LogP contribution < -0.4 is 10.2 Å². The average molecular weight is 326 g/mol. The second-order valence-corrected chi connectivity index (χ2v) is 5.98. The molecule has 24 heavy (non-hydrogen) atoms. The maximum absolute atomic E-state index is 12.3. The molecule has 2 aromatic rings. The number of carbonyl (C=O) groups excluding carboxylic acids is 1. The highest BCUT2D eigenvalue weighted by molar-refractivity contribution is 5.96. The number of likely N-dealkylation sites (N-methyl/N-ethyl adjacent to an activating group) is 1. The smallest absolute Gasteiger partial charge is 0.255 e. The van der Waals surface area contributed by atoms with E-state index < -0.39 is 0 Å². The van der Waals surface area contributed by atoms with E-state index in [1.54, 1.807) is 24.4 Å². The van der Waals surface area contributed by atoms with Gasteiger partial charge < -0.3 is 20.2 Å². The van der Waals surface area contributed by atoms with E-state index in [1.807, 2.05) is 12.1 Å². The Morgan fingerprint density at radius 3 is 2.67 bits per heavy atom. The highest BCUT2D eigenvalue weighted by atomic mass is 16.3. The van der Waals surface area contributed by atoms with Gasteiger partial charge in [-0.25, -0.2) is 4.98 Å². The zero-order valence-corrected chi connectivity index (χ0v) is 13.8. The molecule has 1 aliphatic rings. The Morgan fingerprint density at radius 2 is 1.92 bits per heavy atom. The van der Waals surface area contributed by atoms with Crippen molar-refractivity contribution in [1.82, 2.24) is 15.2 Å². The van der Waals surface area contributed by atoms with Crippen LogP contribution in [0.4, 0.5) is 5.82 Å². The molecule has 2 heterocycles. The second kappa shape index (κ2) is 7.31. The van der Waals surface area contributed by atoms with E-state index in [4.69, 9.17) is 0 Å². The molecular weight excluding hydrogens is 304 g/mol. The van der Waals surface area contributed by atoms with Crippen LogP contribution in [0.5, 0.6) is 5.75 Å². The van der Waals surface area contributed by atoms with Crippen molar-refractivity contribution in [3.63, 3.8) is 0 Å². The maximum atomic E-state index is 12.3. The molecule has 2 N–H and O–H groups in total. The summed E-state index contributed by atoms with van der Waals surface area (Å²) in [5.74, 6) is 0.616. The Balaban J connectivity index is 1.70. The number of aromatic hydroxyl groups is 1. The van der Waals surface area contributed by atoms with Crippen molar-refractivity contribution in [2.75, 3.05) is 38.1 Å². The molecule has 0 atom stereocenters. The van der Waals surface area contributed by atoms with Crippen LogP contribution in [0.25, 0.3) is 0 Å². The van der Waals surface area contributed by atoms with Gasteiger partial charge in [0.1, 0.15) is 11.6 Å². The number of piperazine rings is 1. The molecule has 0 aliphatic carbocycles. The number of phenolic OH excluding ortho intramolecular Hbond substituents is 1. The molecule has 6 heteroatoms. The van der Waals surface area contributed by atoms with Crippen LogP contribution in [0.1, 0.15) is 15.9 Å². The lowest BCUT2D eigenvalue weighted by Gasteiger charge is -2.34. The predicted molar refractivity (Wildman–Crippen MR) is 93.2 cm³/mol. The van der Waals surface area contributed by atoms with Crippen molar-refractivity contribution in [2.45, 2.75) is 6.54 Å². The van der Waals surface area contributed by atoms with E-state index in [9.17, 15) is 9.90 Å². The van der Waals surface area contributed by atoms with E-state index in [0.717, 1.165) is 37.6 Å². The average Bonchev–Trinajstić information content (AvgIpc) is 2.61. The number of benzene rings is 1. The Labute approximate surface area is 141 Å². The van der Waals surface area contributed by atoms with Gasteiger partial charge in [0.15, 0.2) is 0 Å². The van der Waals surface area contributed by atoms with Crippen molar-refractivity contribution in [1.29, 1.82) is 0 Å². The van der Waals surface area contributed by atoms with Gasteiger partial charge in [-0.3, -0.25) is 4.79 Å². The van der Waals surface area contributed by atoms with E-state index in [-0.39, 0.29) is 17.2 Å². The number of amides is 1. The van der Waals surface area contributed by atoms with Gasteiger partial charge in [0, 0.05) is 44.5 Å². The number of aromatic nitrogens is 1. The number of nitrogens with one attached hydrogen (secondary N) is 1. The summed E-state index contributed by atoms with van der Waals surface area (Å²) < 4.78 is 0. The highest BCUT2D eigenvalue weighted by Gasteiger charge is 2.18. The lowest BCUT2D eigenvalue weighted by atomic mass is 10.1. The Morgan fingerprint density at radius 1 is 1.17 bits per heavy atom. The molecule has 6 nitrogen and oxygen atoms in total. The van der Waals surface area contributed by atoms with Gasteiger partial charge in [0.2, 0.25) is 0 Å². The number of nitrogens with zero attached hydrogens (tertiary/aromatic N) is 3. The fraction of sp³-hybridized carbons (Fsp3) is 0.333. The molecule has 1 aliphatic heterocycles. The Hall–Kier alpha value is -2.60. The molecule has 0 bridgehead atoms. The summed E-state index contributed by atoms with van der Waals surface area (Å²) in [4.78, 5) is 21.3. The monoisotopic (exact) mass is 326 g/mol. The van der Waals surface area contributed by atoms with Crippen molar-refractivity contribution in [2.24, 2.45) is 0 Å². The predicted octanol–water partition coefficient (Wildman–Crippen LogP) is 1.47. The van der Waals surface area contributed by atoms with Gasteiger partial charge in [-0.15, -0.1) is 0 Å². The summed E-state index contributed by atoms with van der Waals surface area (Å²) >= 11 is 0. The molecule has 0 unspecified atom stereocenters. The normalized spacial score (nSPS) is 15.3. The van der Waals surface area contributed by atoms with Crippen LogP contribution in [0.15, 0.2) is 42.6 Å². The molecule has 1 aromatic heterocycles. The topological polar surface area (TPSA) is 68.7 Å². The summed E-state index contributed by atoms with van der Waals surface area (Å²) in [6, 6.07) is 10.4. The minimum atomic E-state index is -0.290. The van der Waals surface area contributed by atoms with E-state index >= 15 is 0 Å². The third kappa shape index (κ3) is 3.65. The number of carbonyl (C=O) groups is 1. The molecule has 3 rings (SSSR count). The number of hydrogen-bond donors (Lipinski definition) is 2. The fourth-order valence-corrected chi connectivity index (χ4v) is 2.81. The molecule has 1 fully saturated rings. The standard InChI is InChI=1S/C18H22N4O2/c1-21-9-11-22(12-10-21)17-14(5-4-8-19-17)13-20-18(24)15-6-2-3-7-16(15)23/h2-8,23H,9-13H2,1H3,(H,20,24). The largest absolute Gasteiger partial charge is 0.507 e. The minimum Gasteiger partial charge on any atom is -0.507 e. The molecule has 126 valence electrons. The van der Waals surface area contributed by atoms with Crippen molar-refractivity contribution < 1.29 is 9.90 Å². The number of pyridine rings is 1. The van der Waals surface area contributed by atoms with Crippen LogP contribution in [-0.2, 0) is 6.54 Å². The van der Waals surface area contributed by atoms with Crippen LogP contribution in [0.3, 0.4) is 0 Å². The van der Waals surface area contributed by atoms with Gasteiger partial charge in [-0.1, -0.05) is 18.2 Å². The van der Waals surface area contributed by atoms with E-state index in [0.29, 0.717) is 6.54 Å². The molecule has 1 amide bonds. The van der Waals surface area contributed by atoms with Gasteiger partial charge in [-0.05, 0) is 25.2 Å². The number of para-hydroxylation sites is 1. The first kappa shape index (κ1) is 16.3. The summed E-state index contributed by atoms with van der Waals surface area (Å²) in [6.07, 6.45) is 1.78. The Kier molecular flexibility index (Phi) is 4.96. The number of hydrogen-bond acceptors (Lipinski definition) is 5. The van der Waals surface area contributed by atoms with Crippen molar-refractivity contribution >= 4 is 11.7 Å². The zero-order valence-electron chi connectivity index (χ0n) is 13.8. The van der Waals surface area contributed by atoms with Crippen molar-refractivity contribution in [3.05, 3.63) is 53.7 Å². The number of phenols is 1. The van der Waals surface area contributed by atoms with Gasteiger partial charge in [0.05, 0.1) is 5.56 Å². The van der Waals surface area contributed by atoms with Crippen LogP contribution in [-0.4, -0.2) is 54.1 Å². The van der Waals surface area contributed by atoms with Crippen LogP contribution in [0.2, 0.25) is 0 Å². The lowest BCUT2D eigenvalue weighted by Crippen LogP contribution is -2.45. The van der Waals surface area contributed by atoms with Gasteiger partial charge >= 0.3 is 0 Å². The summed E-state index contributed by atoms with van der Waals surface area (Å²) in [7, 11) is 2.11. The third-order valence-electron chi connectivity index (χ3n) is 4.26. The number of anilines is 1. The summed E-state index contributed by atoms with van der Waals surface area (Å²) in [5.41, 5.74) is 1.26. The maximum Gasteiger partial charge on any atom is 0.255 e. The van der Waals surface area contributed by atoms with Gasteiger partial charge in [0.25, 0.3) is 5.91 Å². The third-order valence-corrected chi connectivity index (χ3v) is 4.26.